The lowest BCUT2D eigenvalue weighted by atomic mass is 10.0. The van der Waals surface area contributed by atoms with Gasteiger partial charge in [0, 0.05) is 6.54 Å². The number of aromatic nitrogens is 2. The van der Waals surface area contributed by atoms with Crippen molar-refractivity contribution in [1.29, 1.82) is 0 Å². The number of ether oxygens (including phenoxy) is 1. The van der Waals surface area contributed by atoms with Crippen molar-refractivity contribution in [1.82, 2.24) is 10.2 Å². The third-order valence-electron chi connectivity index (χ3n) is 3.12. The van der Waals surface area contributed by atoms with Crippen LogP contribution in [-0.4, -0.2) is 23.3 Å². The molecule has 0 bridgehead atoms. The molecule has 0 saturated heterocycles. The fourth-order valence-electron chi connectivity index (χ4n) is 2.19. The van der Waals surface area contributed by atoms with Crippen LogP contribution in [0.1, 0.15) is 25.3 Å². The summed E-state index contributed by atoms with van der Waals surface area (Å²) in [6, 6.07) is 6.27. The van der Waals surface area contributed by atoms with E-state index < -0.39 is 0 Å². The number of benzene rings is 1. The van der Waals surface area contributed by atoms with Crippen LogP contribution in [0, 0.1) is 0 Å². The van der Waals surface area contributed by atoms with Gasteiger partial charge in [-0.2, -0.15) is 0 Å². The molecule has 1 aliphatic rings. The van der Waals surface area contributed by atoms with Crippen molar-refractivity contribution in [2.24, 2.45) is 0 Å². The molecule has 0 saturated carbocycles. The van der Waals surface area contributed by atoms with E-state index >= 15 is 0 Å². The zero-order valence-corrected chi connectivity index (χ0v) is 11.8. The zero-order chi connectivity index (χ0) is 13.1. The van der Waals surface area contributed by atoms with Gasteiger partial charge in [0.15, 0.2) is 5.01 Å². The first-order valence-corrected chi connectivity index (χ1v) is 7.52. The van der Waals surface area contributed by atoms with E-state index in [0.717, 1.165) is 53.9 Å². The van der Waals surface area contributed by atoms with Crippen molar-refractivity contribution >= 4 is 16.5 Å². The molecule has 0 fully saturated rings. The zero-order valence-electron chi connectivity index (χ0n) is 11.0. The monoisotopic (exact) mass is 275 g/mol. The maximum Gasteiger partial charge on any atom is 0.206 e. The Morgan fingerprint density at radius 3 is 3.21 bits per heavy atom. The molecular formula is C14H17N3OS. The summed E-state index contributed by atoms with van der Waals surface area (Å²) in [5.74, 6) is 0.993. The lowest BCUT2D eigenvalue weighted by Crippen LogP contribution is -2.09. The molecule has 1 aromatic carbocycles. The highest BCUT2D eigenvalue weighted by molar-refractivity contribution is 7.18. The Morgan fingerprint density at radius 2 is 2.32 bits per heavy atom. The van der Waals surface area contributed by atoms with Crippen molar-refractivity contribution in [2.75, 3.05) is 18.5 Å². The summed E-state index contributed by atoms with van der Waals surface area (Å²) in [6.07, 6.45) is 3.26. The average Bonchev–Trinajstić information content (AvgIpc) is 2.93. The van der Waals surface area contributed by atoms with Crippen LogP contribution < -0.4 is 10.1 Å². The number of hydrogen-bond donors (Lipinski definition) is 1. The van der Waals surface area contributed by atoms with Crippen molar-refractivity contribution < 1.29 is 4.74 Å². The molecule has 1 N–H and O–H groups in total. The first kappa shape index (κ1) is 12.4. The van der Waals surface area contributed by atoms with E-state index in [0.29, 0.717) is 0 Å². The van der Waals surface area contributed by atoms with E-state index in [1.165, 1.54) is 5.56 Å². The third kappa shape index (κ3) is 2.56. The van der Waals surface area contributed by atoms with Gasteiger partial charge >= 0.3 is 0 Å². The van der Waals surface area contributed by atoms with Crippen LogP contribution in [-0.2, 0) is 6.42 Å². The van der Waals surface area contributed by atoms with E-state index in [4.69, 9.17) is 4.74 Å². The summed E-state index contributed by atoms with van der Waals surface area (Å²) in [6.45, 7) is 3.86. The van der Waals surface area contributed by atoms with E-state index in [-0.39, 0.29) is 0 Å². The van der Waals surface area contributed by atoms with Crippen LogP contribution in [0.2, 0.25) is 0 Å². The lowest BCUT2D eigenvalue weighted by molar-refractivity contribution is 0.289. The molecule has 0 aliphatic carbocycles. The molecule has 1 aliphatic heterocycles. The topological polar surface area (TPSA) is 47.0 Å². The number of rotatable bonds is 4. The minimum Gasteiger partial charge on any atom is -0.493 e. The molecular weight excluding hydrogens is 258 g/mol. The maximum absolute atomic E-state index is 5.82. The SMILES string of the molecule is CCCNc1nnc(-c2cccc3c2OCCC3)s1. The minimum atomic E-state index is 0.795. The Labute approximate surface area is 116 Å². The summed E-state index contributed by atoms with van der Waals surface area (Å²) >= 11 is 1.59. The number of fused-ring (bicyclic) bond motifs is 1. The third-order valence-corrected chi connectivity index (χ3v) is 4.03. The Balaban J connectivity index is 1.91. The van der Waals surface area contributed by atoms with Gasteiger partial charge in [0.1, 0.15) is 5.75 Å². The first-order chi connectivity index (χ1) is 9.38. The van der Waals surface area contributed by atoms with E-state index in [1.54, 1.807) is 11.3 Å². The summed E-state index contributed by atoms with van der Waals surface area (Å²) in [4.78, 5) is 0. The number of nitrogens with one attached hydrogen (secondary N) is 1. The van der Waals surface area contributed by atoms with E-state index in [9.17, 15) is 0 Å². The minimum absolute atomic E-state index is 0.795. The van der Waals surface area contributed by atoms with Crippen LogP contribution in [0.3, 0.4) is 0 Å². The molecule has 2 heterocycles. The van der Waals surface area contributed by atoms with Gasteiger partial charge in [0.2, 0.25) is 5.13 Å². The summed E-state index contributed by atoms with van der Waals surface area (Å²) in [5, 5.41) is 13.5. The molecule has 0 radical (unpaired) electrons. The molecule has 0 amide bonds. The van der Waals surface area contributed by atoms with Crippen LogP contribution in [0.4, 0.5) is 5.13 Å². The fraction of sp³-hybridized carbons (Fsp3) is 0.429. The second-order valence-corrected chi connectivity index (χ2v) is 5.56. The fourth-order valence-corrected chi connectivity index (χ4v) is 2.98. The normalized spacial score (nSPS) is 13.7. The quantitative estimate of drug-likeness (QED) is 0.929. The molecule has 0 unspecified atom stereocenters. The molecule has 0 spiro atoms. The standard InChI is InChI=1S/C14H17N3OS/c1-2-8-15-14-17-16-13(19-14)11-7-3-5-10-6-4-9-18-12(10)11/h3,5,7H,2,4,6,8-9H2,1H3,(H,15,17). The molecule has 2 aromatic rings. The Morgan fingerprint density at radius 1 is 1.37 bits per heavy atom. The Bertz CT molecular complexity index is 568. The van der Waals surface area contributed by atoms with Crippen LogP contribution in [0.15, 0.2) is 18.2 Å². The van der Waals surface area contributed by atoms with E-state index in [2.05, 4.69) is 40.6 Å². The second kappa shape index (κ2) is 5.57. The summed E-state index contributed by atoms with van der Waals surface area (Å²) < 4.78 is 5.82. The summed E-state index contributed by atoms with van der Waals surface area (Å²) in [7, 11) is 0. The number of anilines is 1. The van der Waals surface area contributed by atoms with Gasteiger partial charge in [-0.1, -0.05) is 30.4 Å². The van der Waals surface area contributed by atoms with Crippen molar-refractivity contribution in [3.63, 3.8) is 0 Å². The van der Waals surface area contributed by atoms with Crippen LogP contribution >= 0.6 is 11.3 Å². The molecule has 0 atom stereocenters. The predicted octanol–water partition coefficient (Wildman–Crippen LogP) is 3.35. The molecule has 100 valence electrons. The molecule has 4 nitrogen and oxygen atoms in total. The lowest BCUT2D eigenvalue weighted by Gasteiger charge is -2.19. The van der Waals surface area contributed by atoms with Crippen molar-refractivity contribution in [3.8, 4) is 16.3 Å². The van der Waals surface area contributed by atoms with Gasteiger partial charge < -0.3 is 10.1 Å². The number of aryl methyl sites for hydroxylation is 1. The number of nitrogens with zero attached hydrogens (tertiary/aromatic N) is 2. The molecule has 19 heavy (non-hydrogen) atoms. The van der Waals surface area contributed by atoms with Gasteiger partial charge in [-0.3, -0.25) is 0 Å². The van der Waals surface area contributed by atoms with Gasteiger partial charge in [-0.05, 0) is 30.9 Å². The van der Waals surface area contributed by atoms with Gasteiger partial charge in [0.25, 0.3) is 0 Å². The first-order valence-electron chi connectivity index (χ1n) is 6.71. The Kier molecular flexibility index (Phi) is 3.64. The van der Waals surface area contributed by atoms with Crippen LogP contribution in [0.5, 0.6) is 5.75 Å². The predicted molar refractivity (Wildman–Crippen MR) is 77.9 cm³/mol. The largest absolute Gasteiger partial charge is 0.493 e. The number of hydrogen-bond acceptors (Lipinski definition) is 5. The van der Waals surface area contributed by atoms with Crippen molar-refractivity contribution in [3.05, 3.63) is 23.8 Å². The van der Waals surface area contributed by atoms with E-state index in [1.807, 2.05) is 0 Å². The number of para-hydroxylation sites is 1. The van der Waals surface area contributed by atoms with Crippen LogP contribution in [0.25, 0.3) is 10.6 Å². The highest BCUT2D eigenvalue weighted by Gasteiger charge is 2.18. The van der Waals surface area contributed by atoms with Gasteiger partial charge in [-0.25, -0.2) is 0 Å². The Hall–Kier alpha value is -1.62. The second-order valence-electron chi connectivity index (χ2n) is 4.58. The molecule has 3 rings (SSSR count). The van der Waals surface area contributed by atoms with Crippen molar-refractivity contribution in [2.45, 2.75) is 26.2 Å². The highest BCUT2D eigenvalue weighted by atomic mass is 32.1. The molecule has 1 aromatic heterocycles. The average molecular weight is 275 g/mol. The van der Waals surface area contributed by atoms with Gasteiger partial charge in [-0.15, -0.1) is 10.2 Å². The summed E-state index contributed by atoms with van der Waals surface area (Å²) in [5.41, 5.74) is 2.35. The smallest absolute Gasteiger partial charge is 0.206 e. The molecule has 5 heteroatoms. The van der Waals surface area contributed by atoms with Gasteiger partial charge in [0.05, 0.1) is 12.2 Å². The maximum atomic E-state index is 5.82. The highest BCUT2D eigenvalue weighted by Crippen LogP contribution is 2.38.